The summed E-state index contributed by atoms with van der Waals surface area (Å²) in [6.45, 7) is 0. The van der Waals surface area contributed by atoms with Gasteiger partial charge >= 0.3 is 0 Å². The molecule has 1 amide bonds. The molecule has 0 radical (unpaired) electrons. The molecule has 2 atom stereocenters. The Balaban J connectivity index is 1.36. The zero-order valence-corrected chi connectivity index (χ0v) is 16.6. The van der Waals surface area contributed by atoms with Gasteiger partial charge in [-0.15, -0.1) is 0 Å². The summed E-state index contributed by atoms with van der Waals surface area (Å²) in [5.41, 5.74) is 0.755. The van der Waals surface area contributed by atoms with Gasteiger partial charge in [-0.25, -0.2) is 0 Å². The number of rotatable bonds is 4. The Morgan fingerprint density at radius 2 is 1.48 bits per heavy atom. The Kier molecular flexibility index (Phi) is 5.30. The highest BCUT2D eigenvalue weighted by molar-refractivity contribution is 9.10. The van der Waals surface area contributed by atoms with Crippen molar-refractivity contribution in [2.24, 2.45) is 17.8 Å². The quantitative estimate of drug-likeness (QED) is 0.692. The molecule has 2 aliphatic carbocycles. The third-order valence-electron chi connectivity index (χ3n) is 5.59. The van der Waals surface area contributed by atoms with E-state index in [0.717, 1.165) is 35.2 Å². The number of anilines is 1. The number of ketones is 1. The molecule has 0 aliphatic heterocycles. The number of hydrogen-bond donors (Lipinski definition) is 1. The third kappa shape index (κ3) is 4.24. The van der Waals surface area contributed by atoms with Crippen molar-refractivity contribution in [3.05, 3.63) is 53.0 Å². The molecule has 2 fully saturated rings. The molecular weight excluding hydrogens is 406 g/mol. The Morgan fingerprint density at radius 1 is 0.926 bits per heavy atom. The van der Waals surface area contributed by atoms with Gasteiger partial charge in [-0.1, -0.05) is 22.4 Å². The number of carbonyl (C=O) groups excluding carboxylic acids is 2. The van der Waals surface area contributed by atoms with E-state index in [-0.39, 0.29) is 23.7 Å². The highest BCUT2D eigenvalue weighted by Crippen LogP contribution is 2.40. The van der Waals surface area contributed by atoms with E-state index in [1.807, 2.05) is 48.5 Å². The van der Waals surface area contributed by atoms with Gasteiger partial charge in [-0.2, -0.15) is 0 Å². The molecule has 0 aromatic heterocycles. The lowest BCUT2D eigenvalue weighted by atomic mass is 9.67. The first kappa shape index (κ1) is 18.2. The zero-order chi connectivity index (χ0) is 18.8. The highest BCUT2D eigenvalue weighted by atomic mass is 79.9. The molecule has 5 heteroatoms. The van der Waals surface area contributed by atoms with E-state index >= 15 is 0 Å². The van der Waals surface area contributed by atoms with Crippen molar-refractivity contribution in [1.29, 1.82) is 0 Å². The first-order valence-corrected chi connectivity index (χ1v) is 10.3. The van der Waals surface area contributed by atoms with E-state index in [2.05, 4.69) is 21.2 Å². The molecule has 2 aromatic rings. The predicted molar refractivity (Wildman–Crippen MR) is 108 cm³/mol. The summed E-state index contributed by atoms with van der Waals surface area (Å²) in [5, 5.41) is 3.00. The van der Waals surface area contributed by atoms with Gasteiger partial charge in [-0.05, 0) is 74.2 Å². The highest BCUT2D eigenvalue weighted by Gasteiger charge is 2.41. The third-order valence-corrected chi connectivity index (χ3v) is 6.12. The number of nitrogens with one attached hydrogen (secondary N) is 1. The van der Waals surface area contributed by atoms with Gasteiger partial charge in [0.2, 0.25) is 5.91 Å². The van der Waals surface area contributed by atoms with Crippen LogP contribution in [0.3, 0.4) is 0 Å². The standard InChI is InChI=1S/C22H22BrNO3/c23-17-4-8-19(9-5-17)27-20-10-6-18(7-11-20)24-22(26)16-12-14-2-1-3-15(13-16)21(14)25/h4-11,14-16H,1-3,12-13H2,(H,24,26). The van der Waals surface area contributed by atoms with Crippen molar-refractivity contribution in [2.75, 3.05) is 5.32 Å². The van der Waals surface area contributed by atoms with E-state index < -0.39 is 0 Å². The van der Waals surface area contributed by atoms with Gasteiger partial charge in [-0.3, -0.25) is 9.59 Å². The van der Waals surface area contributed by atoms with Crippen LogP contribution < -0.4 is 10.1 Å². The van der Waals surface area contributed by atoms with Crippen LogP contribution in [0.25, 0.3) is 0 Å². The van der Waals surface area contributed by atoms with Crippen LogP contribution in [0.5, 0.6) is 11.5 Å². The molecule has 140 valence electrons. The minimum atomic E-state index is -0.0586. The van der Waals surface area contributed by atoms with Crippen molar-refractivity contribution in [1.82, 2.24) is 0 Å². The van der Waals surface area contributed by atoms with Crippen LogP contribution in [0, 0.1) is 17.8 Å². The van der Waals surface area contributed by atoms with Gasteiger partial charge in [0.25, 0.3) is 0 Å². The fourth-order valence-electron chi connectivity index (χ4n) is 4.18. The van der Waals surface area contributed by atoms with E-state index in [1.54, 1.807) is 0 Å². The van der Waals surface area contributed by atoms with Crippen LogP contribution in [0.15, 0.2) is 53.0 Å². The summed E-state index contributed by atoms with van der Waals surface area (Å²) in [6.07, 6.45) is 4.41. The van der Waals surface area contributed by atoms with Gasteiger partial charge in [0.1, 0.15) is 17.3 Å². The van der Waals surface area contributed by atoms with Crippen LogP contribution in [0.2, 0.25) is 0 Å². The van der Waals surface area contributed by atoms with Crippen molar-refractivity contribution in [3.63, 3.8) is 0 Å². The first-order valence-electron chi connectivity index (χ1n) is 9.46. The maximum Gasteiger partial charge on any atom is 0.227 e. The smallest absolute Gasteiger partial charge is 0.227 e. The molecule has 4 rings (SSSR count). The van der Waals surface area contributed by atoms with Crippen LogP contribution in [-0.4, -0.2) is 11.7 Å². The molecule has 0 spiro atoms. The molecule has 2 bridgehead atoms. The maximum absolute atomic E-state index is 12.7. The van der Waals surface area contributed by atoms with Gasteiger partial charge in [0, 0.05) is 27.9 Å². The summed E-state index contributed by atoms with van der Waals surface area (Å²) in [6, 6.07) is 15.0. The number of ether oxygens (including phenoxy) is 1. The molecule has 2 saturated carbocycles. The van der Waals surface area contributed by atoms with Crippen molar-refractivity contribution >= 4 is 33.3 Å². The monoisotopic (exact) mass is 427 g/mol. The first-order chi connectivity index (χ1) is 13.1. The fourth-order valence-corrected chi connectivity index (χ4v) is 4.45. The minimum Gasteiger partial charge on any atom is -0.457 e. The fraction of sp³-hybridized carbons (Fsp3) is 0.364. The lowest BCUT2D eigenvalue weighted by Gasteiger charge is -2.36. The number of fused-ring (bicyclic) bond motifs is 2. The summed E-state index contributed by atoms with van der Waals surface area (Å²) < 4.78 is 6.80. The predicted octanol–water partition coefficient (Wildman–Crippen LogP) is 5.58. The number of hydrogen-bond acceptors (Lipinski definition) is 3. The average Bonchev–Trinajstić information content (AvgIpc) is 2.65. The Labute approximate surface area is 167 Å². The second-order valence-electron chi connectivity index (χ2n) is 7.47. The van der Waals surface area contributed by atoms with Crippen LogP contribution >= 0.6 is 15.9 Å². The number of Topliss-reactive ketones (excluding diaryl/α,β-unsaturated/α-hetero) is 1. The van der Waals surface area contributed by atoms with Crippen LogP contribution in [0.4, 0.5) is 5.69 Å². The minimum absolute atomic E-state index is 0.0287. The van der Waals surface area contributed by atoms with Crippen molar-refractivity contribution in [3.8, 4) is 11.5 Å². The molecule has 0 saturated heterocycles. The van der Waals surface area contributed by atoms with E-state index in [1.165, 1.54) is 0 Å². The summed E-state index contributed by atoms with van der Waals surface area (Å²) >= 11 is 3.40. The second kappa shape index (κ2) is 7.85. The van der Waals surface area contributed by atoms with Gasteiger partial charge in [0.05, 0.1) is 0 Å². The number of carbonyl (C=O) groups is 2. The van der Waals surface area contributed by atoms with Crippen LogP contribution in [-0.2, 0) is 9.59 Å². The molecule has 2 aromatic carbocycles. The Morgan fingerprint density at radius 3 is 2.07 bits per heavy atom. The molecule has 2 aliphatic rings. The maximum atomic E-state index is 12.7. The van der Waals surface area contributed by atoms with E-state index in [4.69, 9.17) is 4.74 Å². The van der Waals surface area contributed by atoms with Crippen molar-refractivity contribution in [2.45, 2.75) is 32.1 Å². The average molecular weight is 428 g/mol. The Hall–Kier alpha value is -2.14. The lowest BCUT2D eigenvalue weighted by Crippen LogP contribution is -2.40. The topological polar surface area (TPSA) is 55.4 Å². The zero-order valence-electron chi connectivity index (χ0n) is 15.0. The summed E-state index contributed by atoms with van der Waals surface area (Å²) in [4.78, 5) is 24.8. The van der Waals surface area contributed by atoms with Gasteiger partial charge < -0.3 is 10.1 Å². The molecule has 1 N–H and O–H groups in total. The van der Waals surface area contributed by atoms with Crippen molar-refractivity contribution < 1.29 is 14.3 Å². The summed E-state index contributed by atoms with van der Waals surface area (Å²) in [7, 11) is 0. The molecule has 0 heterocycles. The molecule has 27 heavy (non-hydrogen) atoms. The van der Waals surface area contributed by atoms with E-state index in [0.29, 0.717) is 24.4 Å². The molecular formula is C22H22BrNO3. The number of halogens is 1. The lowest BCUT2D eigenvalue weighted by molar-refractivity contribution is -0.136. The summed E-state index contributed by atoms with van der Waals surface area (Å²) in [5.74, 6) is 2.02. The van der Waals surface area contributed by atoms with Crippen LogP contribution in [0.1, 0.15) is 32.1 Å². The van der Waals surface area contributed by atoms with Gasteiger partial charge in [0.15, 0.2) is 0 Å². The number of benzene rings is 2. The SMILES string of the molecule is O=C(Nc1ccc(Oc2ccc(Br)cc2)cc1)C1CC2CCCC(C1)C2=O. The Bertz CT molecular complexity index is 816. The molecule has 2 unspecified atom stereocenters. The van der Waals surface area contributed by atoms with E-state index in [9.17, 15) is 9.59 Å². The largest absolute Gasteiger partial charge is 0.457 e. The second-order valence-corrected chi connectivity index (χ2v) is 8.38. The normalized spacial score (nSPS) is 24.3. The number of amides is 1. The molecule has 4 nitrogen and oxygen atoms in total.